The van der Waals surface area contributed by atoms with E-state index in [-0.39, 0.29) is 36.2 Å². The number of hydrogen-bond acceptors (Lipinski definition) is 4. The molecule has 0 radical (unpaired) electrons. The first-order chi connectivity index (χ1) is 10.0. The molecule has 2 aromatic rings. The van der Waals surface area contributed by atoms with Gasteiger partial charge in [0.2, 0.25) is 0 Å². The van der Waals surface area contributed by atoms with Gasteiger partial charge < -0.3 is 15.2 Å². The molecular weight excluding hydrogens is 292 g/mol. The van der Waals surface area contributed by atoms with Crippen LogP contribution in [0.25, 0.3) is 11.0 Å². The molecule has 2 amide bonds. The smallest absolute Gasteiger partial charge is 0.318 e. The van der Waals surface area contributed by atoms with E-state index in [1.807, 2.05) is 24.3 Å². The summed E-state index contributed by atoms with van der Waals surface area (Å²) in [6.45, 7) is 0.289. The molecule has 3 heterocycles. The molecule has 2 saturated heterocycles. The second-order valence-electron chi connectivity index (χ2n) is 5.53. The number of aromatic amines is 1. The van der Waals surface area contributed by atoms with Crippen molar-refractivity contribution in [3.63, 3.8) is 0 Å². The fourth-order valence-electron chi connectivity index (χ4n) is 3.10. The monoisotopic (exact) mass is 306 g/mol. The summed E-state index contributed by atoms with van der Waals surface area (Å²) in [5.74, 6) is 0.715. The second-order valence-corrected chi connectivity index (χ2v) is 7.68. The first-order valence-corrected chi connectivity index (χ1v) is 8.55. The Kier molecular flexibility index (Phi) is 2.53. The number of urea groups is 1. The molecule has 1 aromatic heterocycles. The van der Waals surface area contributed by atoms with Crippen LogP contribution in [0.1, 0.15) is 5.82 Å². The number of rotatable bonds is 2. The van der Waals surface area contributed by atoms with Crippen LogP contribution < -0.4 is 5.32 Å². The highest BCUT2D eigenvalue weighted by Crippen LogP contribution is 2.25. The number of amides is 2. The SMILES string of the molecule is O=C1N[C@H]2CS(=O)(=O)C[C@H]2N1Cc1nc2ccccc2[nH]1. The molecule has 110 valence electrons. The molecule has 0 saturated carbocycles. The van der Waals surface area contributed by atoms with Crippen LogP contribution in [0.4, 0.5) is 4.79 Å². The van der Waals surface area contributed by atoms with Crippen molar-refractivity contribution in [2.24, 2.45) is 0 Å². The number of hydrogen-bond donors (Lipinski definition) is 2. The number of imidazole rings is 1. The van der Waals surface area contributed by atoms with Gasteiger partial charge in [-0.25, -0.2) is 18.2 Å². The largest absolute Gasteiger partial charge is 0.340 e. The quantitative estimate of drug-likeness (QED) is 0.778. The van der Waals surface area contributed by atoms with Crippen LogP contribution in [-0.2, 0) is 16.4 Å². The molecule has 7 nitrogen and oxygen atoms in total. The summed E-state index contributed by atoms with van der Waals surface area (Å²) in [5, 5.41) is 2.74. The van der Waals surface area contributed by atoms with E-state index in [0.29, 0.717) is 5.82 Å². The number of carbonyl (C=O) groups is 1. The van der Waals surface area contributed by atoms with Crippen molar-refractivity contribution in [2.45, 2.75) is 18.6 Å². The molecule has 2 N–H and O–H groups in total. The molecule has 2 atom stereocenters. The topological polar surface area (TPSA) is 95.2 Å². The fraction of sp³-hybridized carbons (Fsp3) is 0.385. The van der Waals surface area contributed by atoms with Gasteiger partial charge >= 0.3 is 6.03 Å². The van der Waals surface area contributed by atoms with Gasteiger partial charge in [0.1, 0.15) is 5.82 Å². The minimum Gasteiger partial charge on any atom is -0.340 e. The third-order valence-electron chi connectivity index (χ3n) is 4.05. The molecule has 0 bridgehead atoms. The van der Waals surface area contributed by atoms with E-state index in [1.165, 1.54) is 0 Å². The van der Waals surface area contributed by atoms with E-state index in [0.717, 1.165) is 11.0 Å². The van der Waals surface area contributed by atoms with Crippen molar-refractivity contribution >= 4 is 26.9 Å². The predicted octanol–water partition coefficient (Wildman–Crippen LogP) is 0.254. The van der Waals surface area contributed by atoms with E-state index >= 15 is 0 Å². The predicted molar refractivity (Wildman–Crippen MR) is 76.4 cm³/mol. The summed E-state index contributed by atoms with van der Waals surface area (Å²) in [4.78, 5) is 21.2. The van der Waals surface area contributed by atoms with Crippen LogP contribution in [-0.4, -0.2) is 52.9 Å². The molecule has 2 fully saturated rings. The Balaban J connectivity index is 1.62. The van der Waals surface area contributed by atoms with E-state index in [1.54, 1.807) is 4.90 Å². The van der Waals surface area contributed by atoms with Gasteiger partial charge in [-0.05, 0) is 12.1 Å². The minimum absolute atomic E-state index is 0.0244. The van der Waals surface area contributed by atoms with Crippen molar-refractivity contribution in [2.75, 3.05) is 11.5 Å². The number of carbonyl (C=O) groups excluding carboxylic acids is 1. The van der Waals surface area contributed by atoms with Gasteiger partial charge in [0.05, 0.1) is 41.2 Å². The van der Waals surface area contributed by atoms with E-state index in [9.17, 15) is 13.2 Å². The summed E-state index contributed by atoms with van der Waals surface area (Å²) in [6.07, 6.45) is 0. The zero-order valence-electron chi connectivity index (χ0n) is 11.1. The number of H-pyrrole nitrogens is 1. The first kappa shape index (κ1) is 12.6. The summed E-state index contributed by atoms with van der Waals surface area (Å²) in [6, 6.07) is 6.80. The van der Waals surface area contributed by atoms with Gasteiger partial charge in [-0.3, -0.25) is 0 Å². The third-order valence-corrected chi connectivity index (χ3v) is 5.77. The van der Waals surface area contributed by atoms with Crippen LogP contribution >= 0.6 is 0 Å². The maximum absolute atomic E-state index is 12.0. The van der Waals surface area contributed by atoms with Crippen LogP contribution in [0.5, 0.6) is 0 Å². The highest BCUT2D eigenvalue weighted by molar-refractivity contribution is 7.91. The standard InChI is InChI=1S/C13H14N4O3S/c18-13-16-10-6-21(19,20)7-11(10)17(13)5-12-14-8-3-1-2-4-9(8)15-12/h1-4,10-11H,5-7H2,(H,14,15)(H,16,18)/t10-,11+/m0/s1. The summed E-state index contributed by atoms with van der Waals surface area (Å²) >= 11 is 0. The molecule has 0 aliphatic carbocycles. The van der Waals surface area contributed by atoms with Gasteiger partial charge in [-0.15, -0.1) is 0 Å². The molecule has 2 aliphatic rings. The van der Waals surface area contributed by atoms with Crippen LogP contribution in [0, 0.1) is 0 Å². The zero-order chi connectivity index (χ0) is 14.6. The zero-order valence-corrected chi connectivity index (χ0v) is 11.9. The van der Waals surface area contributed by atoms with Crippen LogP contribution in [0.15, 0.2) is 24.3 Å². The Morgan fingerprint density at radius 2 is 2.10 bits per heavy atom. The maximum Gasteiger partial charge on any atom is 0.318 e. The van der Waals surface area contributed by atoms with Crippen molar-refractivity contribution in [1.29, 1.82) is 0 Å². The second kappa shape index (κ2) is 4.20. The lowest BCUT2D eigenvalue weighted by Crippen LogP contribution is -2.36. The molecule has 0 unspecified atom stereocenters. The van der Waals surface area contributed by atoms with Gasteiger partial charge in [0.25, 0.3) is 0 Å². The van der Waals surface area contributed by atoms with Gasteiger partial charge in [-0.1, -0.05) is 12.1 Å². The Morgan fingerprint density at radius 3 is 2.90 bits per heavy atom. The lowest BCUT2D eigenvalue weighted by atomic mass is 10.2. The highest BCUT2D eigenvalue weighted by atomic mass is 32.2. The Bertz CT molecular complexity index is 796. The molecule has 4 rings (SSSR count). The van der Waals surface area contributed by atoms with Crippen LogP contribution in [0.3, 0.4) is 0 Å². The Morgan fingerprint density at radius 1 is 1.29 bits per heavy atom. The highest BCUT2D eigenvalue weighted by Gasteiger charge is 2.48. The Labute approximate surface area is 121 Å². The van der Waals surface area contributed by atoms with Crippen LogP contribution in [0.2, 0.25) is 0 Å². The summed E-state index contributed by atoms with van der Waals surface area (Å²) in [7, 11) is -3.07. The van der Waals surface area contributed by atoms with Crippen molar-refractivity contribution in [3.05, 3.63) is 30.1 Å². The lowest BCUT2D eigenvalue weighted by molar-refractivity contribution is 0.202. The maximum atomic E-state index is 12.0. The number of benzene rings is 1. The molecule has 21 heavy (non-hydrogen) atoms. The molecular formula is C13H14N4O3S. The molecule has 1 aromatic carbocycles. The molecule has 8 heteroatoms. The number of aromatic nitrogens is 2. The van der Waals surface area contributed by atoms with Gasteiger partial charge in [0, 0.05) is 0 Å². The fourth-order valence-corrected chi connectivity index (χ4v) is 5.02. The van der Waals surface area contributed by atoms with Crippen molar-refractivity contribution in [3.8, 4) is 0 Å². The first-order valence-electron chi connectivity index (χ1n) is 6.73. The van der Waals surface area contributed by atoms with E-state index in [2.05, 4.69) is 15.3 Å². The number of fused-ring (bicyclic) bond motifs is 2. The van der Waals surface area contributed by atoms with Gasteiger partial charge in [-0.2, -0.15) is 0 Å². The van der Waals surface area contributed by atoms with E-state index < -0.39 is 9.84 Å². The summed E-state index contributed by atoms with van der Waals surface area (Å²) in [5.41, 5.74) is 1.74. The summed E-state index contributed by atoms with van der Waals surface area (Å²) < 4.78 is 23.4. The average molecular weight is 306 g/mol. The minimum atomic E-state index is -3.07. The average Bonchev–Trinajstić information content (AvgIpc) is 3.02. The van der Waals surface area contributed by atoms with E-state index in [4.69, 9.17) is 0 Å². The lowest BCUT2D eigenvalue weighted by Gasteiger charge is -2.19. The van der Waals surface area contributed by atoms with Crippen molar-refractivity contribution in [1.82, 2.24) is 20.2 Å². The van der Waals surface area contributed by atoms with Crippen molar-refractivity contribution < 1.29 is 13.2 Å². The number of sulfone groups is 1. The molecule has 0 spiro atoms. The molecule has 2 aliphatic heterocycles. The van der Waals surface area contributed by atoms with Gasteiger partial charge in [0.15, 0.2) is 9.84 Å². The Hall–Kier alpha value is -2.09. The number of nitrogens with one attached hydrogen (secondary N) is 2. The number of nitrogens with zero attached hydrogens (tertiary/aromatic N) is 2. The third kappa shape index (κ3) is 2.06. The normalized spacial score (nSPS) is 27.0. The number of para-hydroxylation sites is 2.